The van der Waals surface area contributed by atoms with E-state index in [2.05, 4.69) is 5.32 Å². The van der Waals surface area contributed by atoms with Crippen molar-refractivity contribution in [2.24, 2.45) is 0 Å². The van der Waals surface area contributed by atoms with E-state index in [1.54, 1.807) is 38.3 Å². The Balaban J connectivity index is 2.16. The van der Waals surface area contributed by atoms with Gasteiger partial charge in [0.2, 0.25) is 5.91 Å². The first-order valence-corrected chi connectivity index (χ1v) is 9.91. The van der Waals surface area contributed by atoms with Gasteiger partial charge in [-0.05, 0) is 43.2 Å². The van der Waals surface area contributed by atoms with Crippen LogP contribution in [-0.2, 0) is 16.1 Å². The van der Waals surface area contributed by atoms with Gasteiger partial charge in [-0.1, -0.05) is 42.8 Å². The molecule has 0 radical (unpaired) electrons. The van der Waals surface area contributed by atoms with E-state index in [0.717, 1.165) is 12.0 Å². The third-order valence-corrected chi connectivity index (χ3v) is 4.70. The molecule has 0 saturated carbocycles. The number of carbonyl (C=O) groups excluding carboxylic acids is 2. The Bertz CT molecular complexity index is 828. The minimum Gasteiger partial charge on any atom is -0.497 e. The number of para-hydroxylation sites is 1. The molecule has 2 aromatic rings. The maximum absolute atomic E-state index is 13.0. The summed E-state index contributed by atoms with van der Waals surface area (Å²) in [5.41, 5.74) is 0.852. The largest absolute Gasteiger partial charge is 0.497 e. The van der Waals surface area contributed by atoms with E-state index in [4.69, 9.17) is 21.1 Å². The molecule has 0 unspecified atom stereocenters. The topological polar surface area (TPSA) is 67.9 Å². The zero-order valence-corrected chi connectivity index (χ0v) is 17.7. The van der Waals surface area contributed by atoms with Gasteiger partial charge in [-0.15, -0.1) is 0 Å². The number of nitrogens with zero attached hydrogens (tertiary/aromatic N) is 1. The van der Waals surface area contributed by atoms with E-state index in [-0.39, 0.29) is 25.0 Å². The van der Waals surface area contributed by atoms with Gasteiger partial charge in [0.1, 0.15) is 17.5 Å². The number of benzene rings is 2. The molecule has 1 atom stereocenters. The lowest BCUT2D eigenvalue weighted by molar-refractivity contribution is -0.142. The van der Waals surface area contributed by atoms with Crippen molar-refractivity contribution in [1.29, 1.82) is 0 Å². The molecule has 1 N–H and O–H groups in total. The lowest BCUT2D eigenvalue weighted by Crippen LogP contribution is -2.49. The Morgan fingerprint density at radius 1 is 1.17 bits per heavy atom. The van der Waals surface area contributed by atoms with Crippen LogP contribution in [0, 0.1) is 0 Å². The van der Waals surface area contributed by atoms with Crippen LogP contribution in [0.5, 0.6) is 11.5 Å². The van der Waals surface area contributed by atoms with Gasteiger partial charge in [-0.2, -0.15) is 0 Å². The van der Waals surface area contributed by atoms with Crippen molar-refractivity contribution in [2.45, 2.75) is 32.9 Å². The van der Waals surface area contributed by atoms with Gasteiger partial charge in [0, 0.05) is 13.1 Å². The van der Waals surface area contributed by atoms with Crippen molar-refractivity contribution in [3.63, 3.8) is 0 Å². The van der Waals surface area contributed by atoms with Gasteiger partial charge in [0.05, 0.1) is 12.1 Å². The first-order valence-electron chi connectivity index (χ1n) is 9.53. The highest BCUT2D eigenvalue weighted by molar-refractivity contribution is 6.32. The number of nitrogens with one attached hydrogen (secondary N) is 1. The minimum atomic E-state index is -0.657. The van der Waals surface area contributed by atoms with Gasteiger partial charge in [0.15, 0.2) is 6.61 Å². The van der Waals surface area contributed by atoms with E-state index in [1.165, 1.54) is 4.90 Å². The molecule has 0 fully saturated rings. The lowest BCUT2D eigenvalue weighted by Gasteiger charge is -2.29. The average molecular weight is 419 g/mol. The van der Waals surface area contributed by atoms with E-state index in [9.17, 15) is 9.59 Å². The summed E-state index contributed by atoms with van der Waals surface area (Å²) in [5, 5.41) is 3.26. The molecule has 6 nitrogen and oxygen atoms in total. The number of amides is 2. The zero-order chi connectivity index (χ0) is 21.2. The van der Waals surface area contributed by atoms with Crippen molar-refractivity contribution in [1.82, 2.24) is 10.2 Å². The highest BCUT2D eigenvalue weighted by atomic mass is 35.5. The number of halogens is 1. The highest BCUT2D eigenvalue weighted by Crippen LogP contribution is 2.23. The summed E-state index contributed by atoms with van der Waals surface area (Å²) >= 11 is 6.09. The molecule has 0 aliphatic heterocycles. The molecule has 2 aromatic carbocycles. The van der Waals surface area contributed by atoms with Gasteiger partial charge in [0.25, 0.3) is 5.91 Å². The quantitative estimate of drug-likeness (QED) is 0.639. The maximum Gasteiger partial charge on any atom is 0.261 e. The molecular formula is C22H27ClN2O4. The molecule has 2 amide bonds. The van der Waals surface area contributed by atoms with E-state index < -0.39 is 6.04 Å². The van der Waals surface area contributed by atoms with Gasteiger partial charge < -0.3 is 19.7 Å². The van der Waals surface area contributed by atoms with Gasteiger partial charge in [-0.3, -0.25) is 9.59 Å². The second kappa shape index (κ2) is 11.3. The molecule has 0 bridgehead atoms. The van der Waals surface area contributed by atoms with Crippen molar-refractivity contribution >= 4 is 23.4 Å². The van der Waals surface area contributed by atoms with Gasteiger partial charge in [-0.25, -0.2) is 0 Å². The molecule has 0 heterocycles. The first-order chi connectivity index (χ1) is 14.0. The summed E-state index contributed by atoms with van der Waals surface area (Å²) in [6.45, 7) is 4.27. The predicted octanol–water partition coefficient (Wildman–Crippen LogP) is 3.67. The van der Waals surface area contributed by atoms with Crippen LogP contribution in [0.4, 0.5) is 0 Å². The number of rotatable bonds is 10. The standard InChI is InChI=1S/C22H27ClN2O4/c1-4-12-24-22(27)16(2)25(14-17-8-7-9-18(13-17)28-3)21(26)15-29-20-11-6-5-10-19(20)23/h5-11,13,16H,4,12,14-15H2,1-3H3,(H,24,27)/t16-/m0/s1. The van der Waals surface area contributed by atoms with Crippen LogP contribution in [0.15, 0.2) is 48.5 Å². The smallest absolute Gasteiger partial charge is 0.261 e. The van der Waals surface area contributed by atoms with Crippen molar-refractivity contribution < 1.29 is 19.1 Å². The Labute approximate surface area is 176 Å². The second-order valence-corrected chi connectivity index (χ2v) is 6.97. The fourth-order valence-electron chi connectivity index (χ4n) is 2.73. The van der Waals surface area contributed by atoms with Crippen LogP contribution in [-0.4, -0.2) is 43.0 Å². The Kier molecular flexibility index (Phi) is 8.80. The van der Waals surface area contributed by atoms with Crippen LogP contribution in [0.1, 0.15) is 25.8 Å². The predicted molar refractivity (Wildman–Crippen MR) is 113 cm³/mol. The maximum atomic E-state index is 13.0. The summed E-state index contributed by atoms with van der Waals surface area (Å²) < 4.78 is 10.8. The SMILES string of the molecule is CCCNC(=O)[C@H](C)N(Cc1cccc(OC)c1)C(=O)COc1ccccc1Cl. The third kappa shape index (κ3) is 6.68. The Hall–Kier alpha value is -2.73. The van der Waals surface area contributed by atoms with Crippen molar-refractivity contribution in [2.75, 3.05) is 20.3 Å². The molecule has 29 heavy (non-hydrogen) atoms. The number of methoxy groups -OCH3 is 1. The van der Waals surface area contributed by atoms with Crippen molar-refractivity contribution in [3.8, 4) is 11.5 Å². The fourth-order valence-corrected chi connectivity index (χ4v) is 2.92. The third-order valence-electron chi connectivity index (χ3n) is 4.39. The fraction of sp³-hybridized carbons (Fsp3) is 0.364. The van der Waals surface area contributed by atoms with E-state index >= 15 is 0 Å². The van der Waals surface area contributed by atoms with Gasteiger partial charge >= 0.3 is 0 Å². The molecule has 0 aromatic heterocycles. The summed E-state index contributed by atoms with van der Waals surface area (Å²) in [6.07, 6.45) is 0.817. The Morgan fingerprint density at radius 3 is 2.62 bits per heavy atom. The number of hydrogen-bond acceptors (Lipinski definition) is 4. The lowest BCUT2D eigenvalue weighted by atomic mass is 10.1. The monoisotopic (exact) mass is 418 g/mol. The molecule has 0 saturated heterocycles. The summed E-state index contributed by atoms with van der Waals surface area (Å²) in [6, 6.07) is 13.7. The van der Waals surface area contributed by atoms with Crippen LogP contribution in [0.2, 0.25) is 5.02 Å². The van der Waals surface area contributed by atoms with E-state index in [0.29, 0.717) is 23.1 Å². The van der Waals surface area contributed by atoms with E-state index in [1.807, 2.05) is 31.2 Å². The van der Waals surface area contributed by atoms with Crippen LogP contribution in [0.25, 0.3) is 0 Å². The first kappa shape index (κ1) is 22.6. The number of ether oxygens (including phenoxy) is 2. The Morgan fingerprint density at radius 2 is 1.93 bits per heavy atom. The molecule has 0 aliphatic rings. The van der Waals surface area contributed by atoms with Crippen molar-refractivity contribution in [3.05, 3.63) is 59.1 Å². The highest BCUT2D eigenvalue weighted by Gasteiger charge is 2.26. The molecule has 0 spiro atoms. The number of carbonyl (C=O) groups is 2. The molecular weight excluding hydrogens is 392 g/mol. The molecule has 2 rings (SSSR count). The van der Waals surface area contributed by atoms with Crippen LogP contribution < -0.4 is 14.8 Å². The summed E-state index contributed by atoms with van der Waals surface area (Å²) in [7, 11) is 1.58. The van der Waals surface area contributed by atoms with Crippen LogP contribution >= 0.6 is 11.6 Å². The molecule has 7 heteroatoms. The number of hydrogen-bond donors (Lipinski definition) is 1. The average Bonchev–Trinajstić information content (AvgIpc) is 2.74. The second-order valence-electron chi connectivity index (χ2n) is 6.56. The summed E-state index contributed by atoms with van der Waals surface area (Å²) in [4.78, 5) is 26.9. The van der Waals surface area contributed by atoms with Crippen LogP contribution in [0.3, 0.4) is 0 Å². The minimum absolute atomic E-state index is 0.208. The zero-order valence-electron chi connectivity index (χ0n) is 17.0. The molecule has 0 aliphatic carbocycles. The summed E-state index contributed by atoms with van der Waals surface area (Å²) in [5.74, 6) is 0.588. The normalized spacial score (nSPS) is 11.4. The molecule has 156 valence electrons.